The van der Waals surface area contributed by atoms with E-state index >= 15 is 0 Å². The Balaban J connectivity index is 1.33. The topological polar surface area (TPSA) is 182 Å². The van der Waals surface area contributed by atoms with Gasteiger partial charge in [0.1, 0.15) is 54.7 Å². The molecule has 18 atom stereocenters. The van der Waals surface area contributed by atoms with E-state index in [1.54, 1.807) is 39.4 Å². The summed E-state index contributed by atoms with van der Waals surface area (Å²) in [5.41, 5.74) is -0.168. The molecule has 0 saturated carbocycles. The minimum absolute atomic E-state index is 0.00141. The molecule has 0 radical (unpaired) electrons. The third-order valence-corrected chi connectivity index (χ3v) is 14.1. The first kappa shape index (κ1) is 52.7. The Kier molecular flexibility index (Phi) is 18.7. The molecule has 374 valence electrons. The van der Waals surface area contributed by atoms with Gasteiger partial charge in [-0.3, -0.25) is 9.59 Å². The summed E-state index contributed by atoms with van der Waals surface area (Å²) >= 11 is 0. The van der Waals surface area contributed by atoms with Crippen molar-refractivity contribution in [2.45, 2.75) is 173 Å². The SMILES string of the molecule is C=CCOC(=O)O[C@@H]1C(C)=C[C@H]2C(=O)O[C@@H]3CO[C@H]([C@@H](C)CC)[C@@H](C)/C=C\O[C@H](C/C=C(\C)[C@@H](O[C@H]4C[C@H](OC)[C@@H](O[C@H]5C[C@H](OC)C(=O)[C@H](C)O5)[C@H](C)O4)[C@@H](C)/C=C/C=C4\CO[C@H]1[C@@]42O)C3. The smallest absolute Gasteiger partial charge is 0.498 e. The molecule has 16 nitrogen and oxygen atoms in total. The summed E-state index contributed by atoms with van der Waals surface area (Å²) < 4.78 is 73.7. The van der Waals surface area contributed by atoms with Crippen molar-refractivity contribution in [2.24, 2.45) is 23.7 Å². The summed E-state index contributed by atoms with van der Waals surface area (Å²) in [4.78, 5) is 39.9. The molecule has 67 heavy (non-hydrogen) atoms. The first-order chi connectivity index (χ1) is 32.0. The molecule has 6 aliphatic rings. The average Bonchev–Trinajstić information content (AvgIpc) is 3.64. The maximum absolute atomic E-state index is 14.6. The van der Waals surface area contributed by atoms with Gasteiger partial charge in [0.05, 0.1) is 43.9 Å². The molecule has 5 heterocycles. The van der Waals surface area contributed by atoms with E-state index in [2.05, 4.69) is 33.4 Å². The molecular weight excluding hydrogens is 869 g/mol. The van der Waals surface area contributed by atoms with Gasteiger partial charge in [0.2, 0.25) is 0 Å². The van der Waals surface area contributed by atoms with Crippen molar-refractivity contribution in [3.8, 4) is 0 Å². The van der Waals surface area contributed by atoms with E-state index in [-0.39, 0.29) is 62.3 Å². The maximum Gasteiger partial charge on any atom is 0.509 e. The van der Waals surface area contributed by atoms with Gasteiger partial charge in [-0.05, 0) is 56.4 Å². The highest BCUT2D eigenvalue weighted by atomic mass is 16.7. The number of rotatable bonds is 11. The van der Waals surface area contributed by atoms with Crippen molar-refractivity contribution in [2.75, 3.05) is 34.0 Å². The zero-order chi connectivity index (χ0) is 48.6. The standard InChI is InChI=1S/C51H74O16/c1-12-20-59-50(54)67-46-32(7)22-38-49(53)64-37-23-36(58-21-19-31(6)44(60-27-37)28(3)13-2)18-17-30(5)45(29(4)15-14-16-35-26-61-48(46)51(35,38)55)65-42-25-40(57-11)47(34(9)63-42)66-41-24-39(56-10)43(52)33(8)62-41/h12,14-17,19,21-22,28-29,31,33-34,36-42,44-48,55H,1,13,18,20,23-27H2,2-11H3/b15-14+,21-19-,30-17+,35-16+/t28-,29-,31-,33-,34-,36+,37-,38-,39-,40-,41-,42-,44+,45-,46+,47-,48+,51+/m0/s1. The van der Waals surface area contributed by atoms with Gasteiger partial charge in [-0.1, -0.05) is 77.2 Å². The van der Waals surface area contributed by atoms with E-state index in [4.69, 9.17) is 56.8 Å². The predicted octanol–water partition coefficient (Wildman–Crippen LogP) is 6.79. The predicted molar refractivity (Wildman–Crippen MR) is 244 cm³/mol. The van der Waals surface area contributed by atoms with Crippen molar-refractivity contribution in [1.29, 1.82) is 0 Å². The molecule has 6 rings (SSSR count). The van der Waals surface area contributed by atoms with Gasteiger partial charge in [0, 0.05) is 51.7 Å². The van der Waals surface area contributed by atoms with Crippen LogP contribution in [0.25, 0.3) is 0 Å². The fraction of sp³-hybridized carbons (Fsp3) is 0.706. The minimum atomic E-state index is -1.97. The Labute approximate surface area is 395 Å². The van der Waals surface area contributed by atoms with Crippen molar-refractivity contribution < 1.29 is 76.3 Å². The summed E-state index contributed by atoms with van der Waals surface area (Å²) in [6.45, 7) is 19.2. The summed E-state index contributed by atoms with van der Waals surface area (Å²) in [6, 6.07) is 0. The number of carbonyl (C=O) groups excluding carboxylic acids is 3. The van der Waals surface area contributed by atoms with E-state index < -0.39 is 97.3 Å². The molecule has 1 aliphatic carbocycles. The fourth-order valence-electron chi connectivity index (χ4n) is 10.0. The number of esters is 1. The molecule has 0 amide bonds. The van der Waals surface area contributed by atoms with Crippen molar-refractivity contribution in [3.63, 3.8) is 0 Å². The lowest BCUT2D eigenvalue weighted by molar-refractivity contribution is -0.305. The van der Waals surface area contributed by atoms with Crippen molar-refractivity contribution >= 4 is 17.9 Å². The lowest BCUT2D eigenvalue weighted by Gasteiger charge is -2.43. The Morgan fingerprint density at radius 2 is 1.72 bits per heavy atom. The lowest BCUT2D eigenvalue weighted by atomic mass is 9.71. The van der Waals surface area contributed by atoms with Gasteiger partial charge < -0.3 is 61.9 Å². The molecule has 5 aliphatic heterocycles. The van der Waals surface area contributed by atoms with E-state index in [9.17, 15) is 19.5 Å². The molecule has 0 aromatic carbocycles. The third kappa shape index (κ3) is 12.4. The van der Waals surface area contributed by atoms with Gasteiger partial charge in [-0.15, -0.1) is 0 Å². The lowest BCUT2D eigenvalue weighted by Crippen LogP contribution is -2.58. The maximum atomic E-state index is 14.6. The summed E-state index contributed by atoms with van der Waals surface area (Å²) in [7, 11) is 3.12. The number of allylic oxidation sites excluding steroid dienone is 2. The first-order valence-corrected chi connectivity index (χ1v) is 23.9. The van der Waals surface area contributed by atoms with E-state index in [0.29, 0.717) is 24.0 Å². The highest BCUT2D eigenvalue weighted by Gasteiger charge is 2.61. The summed E-state index contributed by atoms with van der Waals surface area (Å²) in [5, 5.41) is 12.9. The third-order valence-electron chi connectivity index (χ3n) is 14.1. The van der Waals surface area contributed by atoms with Crippen LogP contribution in [0.2, 0.25) is 0 Å². The molecule has 0 spiro atoms. The van der Waals surface area contributed by atoms with Crippen molar-refractivity contribution in [1.82, 2.24) is 0 Å². The number of ketones is 1. The first-order valence-electron chi connectivity index (χ1n) is 23.9. The Morgan fingerprint density at radius 3 is 2.43 bits per heavy atom. The number of methoxy groups -OCH3 is 2. The second kappa shape index (κ2) is 23.7. The fourth-order valence-corrected chi connectivity index (χ4v) is 10.0. The number of aliphatic hydroxyl groups is 1. The molecule has 1 N–H and O–H groups in total. The molecule has 3 fully saturated rings. The molecular formula is C51H74O16. The van der Waals surface area contributed by atoms with Crippen LogP contribution in [0.1, 0.15) is 87.5 Å². The molecule has 0 aromatic heterocycles. The largest absolute Gasteiger partial charge is 0.509 e. The zero-order valence-electron chi connectivity index (χ0n) is 40.9. The highest BCUT2D eigenvalue weighted by Crippen LogP contribution is 2.47. The van der Waals surface area contributed by atoms with Crippen LogP contribution >= 0.6 is 0 Å². The number of hydrogen-bond acceptors (Lipinski definition) is 16. The van der Waals surface area contributed by atoms with Crippen LogP contribution in [0.5, 0.6) is 0 Å². The Morgan fingerprint density at radius 1 is 0.955 bits per heavy atom. The second-order valence-electron chi connectivity index (χ2n) is 18.9. The highest BCUT2D eigenvalue weighted by molar-refractivity contribution is 5.87. The molecule has 0 aromatic rings. The van der Waals surface area contributed by atoms with Gasteiger partial charge in [0.15, 0.2) is 24.5 Å². The van der Waals surface area contributed by atoms with Gasteiger partial charge in [-0.25, -0.2) is 4.79 Å². The quantitative estimate of drug-likeness (QED) is 0.169. The van der Waals surface area contributed by atoms with E-state index in [0.717, 1.165) is 12.0 Å². The van der Waals surface area contributed by atoms with E-state index in [1.807, 2.05) is 39.0 Å². The normalized spacial score (nSPS) is 42.7. The molecule has 16 heteroatoms. The number of fused-ring (bicyclic) bond motifs is 2. The monoisotopic (exact) mass is 942 g/mol. The minimum Gasteiger partial charge on any atom is -0.498 e. The number of carbonyl (C=O) groups is 3. The second-order valence-corrected chi connectivity index (χ2v) is 18.9. The van der Waals surface area contributed by atoms with Crippen molar-refractivity contribution in [3.05, 3.63) is 72.1 Å². The van der Waals surface area contributed by atoms with Crippen LogP contribution < -0.4 is 0 Å². The summed E-state index contributed by atoms with van der Waals surface area (Å²) in [5.74, 6) is -2.07. The number of hydrogen-bond donors (Lipinski definition) is 1. The van der Waals surface area contributed by atoms with Crippen LogP contribution in [0, 0.1) is 23.7 Å². The van der Waals surface area contributed by atoms with E-state index in [1.165, 1.54) is 13.2 Å². The number of Topliss-reactive ketones (excluding diaryl/α,β-unsaturated/α-hetero) is 1. The van der Waals surface area contributed by atoms with Gasteiger partial charge in [0.25, 0.3) is 0 Å². The van der Waals surface area contributed by atoms with Crippen LogP contribution in [0.15, 0.2) is 72.1 Å². The Bertz CT molecular complexity index is 1870. The van der Waals surface area contributed by atoms with Crippen LogP contribution in [-0.4, -0.2) is 142 Å². The summed E-state index contributed by atoms with van der Waals surface area (Å²) in [6.07, 6.45) is 7.35. The number of ether oxygens (including phenoxy) is 12. The van der Waals surface area contributed by atoms with Crippen LogP contribution in [0.4, 0.5) is 4.79 Å². The average molecular weight is 943 g/mol. The Hall–Kier alpha value is -3.71. The zero-order valence-corrected chi connectivity index (χ0v) is 40.9. The molecule has 0 unspecified atom stereocenters. The van der Waals surface area contributed by atoms with Crippen LogP contribution in [0.3, 0.4) is 0 Å². The molecule has 2 bridgehead atoms. The van der Waals surface area contributed by atoms with Gasteiger partial charge in [-0.2, -0.15) is 0 Å². The van der Waals surface area contributed by atoms with Crippen LogP contribution in [-0.2, 0) is 66.4 Å². The van der Waals surface area contributed by atoms with Gasteiger partial charge >= 0.3 is 12.1 Å². The molecule has 3 saturated heterocycles.